The van der Waals surface area contributed by atoms with Crippen molar-refractivity contribution < 1.29 is 9.47 Å². The quantitative estimate of drug-likeness (QED) is 0.931. The van der Waals surface area contributed by atoms with Gasteiger partial charge in [-0.05, 0) is 30.2 Å². The molecule has 1 unspecified atom stereocenters. The van der Waals surface area contributed by atoms with E-state index in [-0.39, 0.29) is 5.54 Å². The van der Waals surface area contributed by atoms with E-state index in [0.717, 1.165) is 29.9 Å². The predicted molar refractivity (Wildman–Crippen MR) is 79.1 cm³/mol. The molecule has 1 aliphatic rings. The summed E-state index contributed by atoms with van der Waals surface area (Å²) in [5.74, 6) is 1.77. The van der Waals surface area contributed by atoms with Crippen LogP contribution in [0.3, 0.4) is 0 Å². The zero-order valence-corrected chi connectivity index (χ0v) is 11.6. The lowest BCUT2D eigenvalue weighted by Gasteiger charge is -2.35. The van der Waals surface area contributed by atoms with Gasteiger partial charge in [0, 0.05) is 12.0 Å². The van der Waals surface area contributed by atoms with Crippen LogP contribution in [-0.2, 0) is 12.0 Å². The smallest absolute Gasteiger partial charge is 0.124 e. The van der Waals surface area contributed by atoms with Gasteiger partial charge in [0.05, 0.1) is 19.3 Å². The average Bonchev–Trinajstić information content (AvgIpc) is 2.48. The molecule has 1 aliphatic heterocycles. The van der Waals surface area contributed by atoms with Crippen LogP contribution in [-0.4, -0.2) is 13.7 Å². The van der Waals surface area contributed by atoms with Gasteiger partial charge >= 0.3 is 0 Å². The second-order valence-electron chi connectivity index (χ2n) is 5.28. The molecule has 0 bridgehead atoms. The van der Waals surface area contributed by atoms with E-state index in [0.29, 0.717) is 6.61 Å². The van der Waals surface area contributed by atoms with Gasteiger partial charge in [0.15, 0.2) is 0 Å². The molecule has 0 amide bonds. The maximum Gasteiger partial charge on any atom is 0.124 e. The summed E-state index contributed by atoms with van der Waals surface area (Å²) < 4.78 is 11.0. The molecule has 0 fully saturated rings. The number of para-hydroxylation sites is 1. The molecule has 0 saturated heterocycles. The van der Waals surface area contributed by atoms with E-state index < -0.39 is 0 Å². The van der Waals surface area contributed by atoms with E-state index in [1.165, 1.54) is 5.56 Å². The molecule has 0 aliphatic carbocycles. The summed E-state index contributed by atoms with van der Waals surface area (Å²) in [6.45, 7) is 0.664. The van der Waals surface area contributed by atoms with Crippen LogP contribution in [0.5, 0.6) is 11.5 Å². The summed E-state index contributed by atoms with van der Waals surface area (Å²) in [6, 6.07) is 16.1. The van der Waals surface area contributed by atoms with Crippen molar-refractivity contribution in [1.82, 2.24) is 0 Å². The standard InChI is InChI=1S/C17H19NO2/c1-19-14-6-4-5-13(11-14)12-17(18)9-10-20-16-8-3-2-7-15(16)17/h2-8,11H,9-10,12,18H2,1H3. The number of benzene rings is 2. The Bertz CT molecular complexity index is 611. The summed E-state index contributed by atoms with van der Waals surface area (Å²) in [6.07, 6.45) is 1.60. The Kier molecular flexibility index (Phi) is 3.36. The summed E-state index contributed by atoms with van der Waals surface area (Å²) in [7, 11) is 1.68. The molecule has 0 aromatic heterocycles. The topological polar surface area (TPSA) is 44.5 Å². The fourth-order valence-corrected chi connectivity index (χ4v) is 2.81. The van der Waals surface area contributed by atoms with Gasteiger partial charge < -0.3 is 15.2 Å². The van der Waals surface area contributed by atoms with Crippen molar-refractivity contribution in [2.45, 2.75) is 18.4 Å². The Labute approximate surface area is 119 Å². The van der Waals surface area contributed by atoms with Gasteiger partial charge in [-0.15, -0.1) is 0 Å². The van der Waals surface area contributed by atoms with Gasteiger partial charge in [-0.2, -0.15) is 0 Å². The molecule has 104 valence electrons. The van der Waals surface area contributed by atoms with E-state index in [1.807, 2.05) is 36.4 Å². The Morgan fingerprint density at radius 1 is 1.20 bits per heavy atom. The van der Waals surface area contributed by atoms with Crippen molar-refractivity contribution in [1.29, 1.82) is 0 Å². The number of hydrogen-bond acceptors (Lipinski definition) is 3. The highest BCUT2D eigenvalue weighted by molar-refractivity contribution is 5.42. The average molecular weight is 269 g/mol. The number of ether oxygens (including phenoxy) is 2. The molecule has 2 N–H and O–H groups in total. The van der Waals surface area contributed by atoms with Crippen molar-refractivity contribution in [3.63, 3.8) is 0 Å². The van der Waals surface area contributed by atoms with Crippen molar-refractivity contribution in [3.8, 4) is 11.5 Å². The largest absolute Gasteiger partial charge is 0.497 e. The fourth-order valence-electron chi connectivity index (χ4n) is 2.81. The van der Waals surface area contributed by atoms with Crippen LogP contribution in [0, 0.1) is 0 Å². The molecule has 1 heterocycles. The molecule has 3 rings (SSSR count). The Morgan fingerprint density at radius 2 is 2.05 bits per heavy atom. The SMILES string of the molecule is COc1cccc(CC2(N)CCOc3ccccc32)c1. The van der Waals surface area contributed by atoms with Crippen molar-refractivity contribution >= 4 is 0 Å². The minimum Gasteiger partial charge on any atom is -0.497 e. The molecule has 0 radical (unpaired) electrons. The van der Waals surface area contributed by atoms with Gasteiger partial charge in [-0.1, -0.05) is 30.3 Å². The molecule has 1 atom stereocenters. The lowest BCUT2D eigenvalue weighted by molar-refractivity contribution is 0.215. The molecular weight excluding hydrogens is 250 g/mol. The summed E-state index contributed by atoms with van der Waals surface area (Å²) in [4.78, 5) is 0. The molecule has 3 heteroatoms. The van der Waals surface area contributed by atoms with Gasteiger partial charge in [0.2, 0.25) is 0 Å². The number of hydrogen-bond donors (Lipinski definition) is 1. The Morgan fingerprint density at radius 3 is 2.90 bits per heavy atom. The van der Waals surface area contributed by atoms with Gasteiger partial charge in [0.1, 0.15) is 11.5 Å². The molecule has 0 spiro atoms. The van der Waals surface area contributed by atoms with Crippen molar-refractivity contribution in [3.05, 3.63) is 59.7 Å². The summed E-state index contributed by atoms with van der Waals surface area (Å²) in [5, 5.41) is 0. The van der Waals surface area contributed by atoms with E-state index >= 15 is 0 Å². The fraction of sp³-hybridized carbons (Fsp3) is 0.294. The van der Waals surface area contributed by atoms with Crippen LogP contribution in [0.1, 0.15) is 17.5 Å². The third-order valence-corrected chi connectivity index (χ3v) is 3.88. The minimum atomic E-state index is -0.374. The van der Waals surface area contributed by atoms with Crippen LogP contribution >= 0.6 is 0 Å². The molecule has 3 nitrogen and oxygen atoms in total. The molecular formula is C17H19NO2. The molecule has 20 heavy (non-hydrogen) atoms. The highest BCUT2D eigenvalue weighted by atomic mass is 16.5. The van der Waals surface area contributed by atoms with E-state index in [1.54, 1.807) is 7.11 Å². The molecule has 2 aromatic carbocycles. The van der Waals surface area contributed by atoms with E-state index in [9.17, 15) is 0 Å². The van der Waals surface area contributed by atoms with Crippen molar-refractivity contribution in [2.75, 3.05) is 13.7 Å². The minimum absolute atomic E-state index is 0.374. The molecule has 0 saturated carbocycles. The van der Waals surface area contributed by atoms with Crippen molar-refractivity contribution in [2.24, 2.45) is 5.73 Å². The second-order valence-corrected chi connectivity index (χ2v) is 5.28. The Hall–Kier alpha value is -2.00. The highest BCUT2D eigenvalue weighted by Crippen LogP contribution is 2.37. The lowest BCUT2D eigenvalue weighted by Crippen LogP contribution is -2.43. The zero-order chi connectivity index (χ0) is 14.0. The lowest BCUT2D eigenvalue weighted by atomic mass is 9.80. The van der Waals surface area contributed by atoms with Crippen LogP contribution in [0.25, 0.3) is 0 Å². The summed E-state index contributed by atoms with van der Waals surface area (Å²) >= 11 is 0. The Balaban J connectivity index is 1.93. The monoisotopic (exact) mass is 269 g/mol. The van der Waals surface area contributed by atoms with E-state index in [4.69, 9.17) is 15.2 Å². The first-order valence-corrected chi connectivity index (χ1v) is 6.85. The number of methoxy groups -OCH3 is 1. The highest BCUT2D eigenvalue weighted by Gasteiger charge is 2.33. The maximum absolute atomic E-state index is 6.67. The van der Waals surface area contributed by atoms with Crippen LogP contribution < -0.4 is 15.2 Å². The third-order valence-electron chi connectivity index (χ3n) is 3.88. The van der Waals surface area contributed by atoms with Crippen LogP contribution in [0.4, 0.5) is 0 Å². The first-order valence-electron chi connectivity index (χ1n) is 6.85. The van der Waals surface area contributed by atoms with Crippen LogP contribution in [0.15, 0.2) is 48.5 Å². The summed E-state index contributed by atoms with van der Waals surface area (Å²) in [5.41, 5.74) is 8.58. The number of nitrogens with two attached hydrogens (primary N) is 1. The number of rotatable bonds is 3. The molecule has 2 aromatic rings. The first kappa shape index (κ1) is 13.0. The predicted octanol–water partition coefficient (Wildman–Crippen LogP) is 2.87. The van der Waals surface area contributed by atoms with Gasteiger partial charge in [-0.3, -0.25) is 0 Å². The zero-order valence-electron chi connectivity index (χ0n) is 11.6. The van der Waals surface area contributed by atoms with E-state index in [2.05, 4.69) is 12.1 Å². The second kappa shape index (κ2) is 5.17. The van der Waals surface area contributed by atoms with Gasteiger partial charge in [0.25, 0.3) is 0 Å². The first-order chi connectivity index (χ1) is 9.71. The third kappa shape index (κ3) is 2.37. The number of fused-ring (bicyclic) bond motifs is 1. The van der Waals surface area contributed by atoms with Crippen LogP contribution in [0.2, 0.25) is 0 Å². The maximum atomic E-state index is 6.67. The van der Waals surface area contributed by atoms with Gasteiger partial charge in [-0.25, -0.2) is 0 Å². The normalized spacial score (nSPS) is 20.9.